The number of piperazine rings is 1. The van der Waals surface area contributed by atoms with E-state index in [1.807, 2.05) is 32.9 Å². The minimum atomic E-state index is -0.740. The molecule has 0 radical (unpaired) electrons. The lowest BCUT2D eigenvalue weighted by Crippen LogP contribution is -2.54. The highest BCUT2D eigenvalue weighted by Gasteiger charge is 2.38. The first kappa shape index (κ1) is 46.8. The summed E-state index contributed by atoms with van der Waals surface area (Å²) in [6, 6.07) is 13.0. The van der Waals surface area contributed by atoms with Crippen molar-refractivity contribution in [3.05, 3.63) is 88.5 Å². The molecule has 3 aliphatic rings. The highest BCUT2D eigenvalue weighted by molar-refractivity contribution is 6.15. The van der Waals surface area contributed by atoms with Crippen LogP contribution >= 0.6 is 0 Å². The molecular weight excluding hydrogens is 815 g/mol. The molecule has 3 aromatic carbocycles. The molecule has 3 aliphatic heterocycles. The Morgan fingerprint density at radius 1 is 0.873 bits per heavy atom. The maximum absolute atomic E-state index is 13.8. The van der Waals surface area contributed by atoms with Gasteiger partial charge in [-0.1, -0.05) is 26.8 Å². The molecule has 6 rings (SSSR count). The number of β-amino-alcohol motifs (C(OH)–C–C–N with tert-alkyl or cyclic N) is 1. The van der Waals surface area contributed by atoms with Crippen LogP contribution in [0.2, 0.25) is 0 Å². The van der Waals surface area contributed by atoms with Crippen LogP contribution in [-0.4, -0.2) is 128 Å². The summed E-state index contributed by atoms with van der Waals surface area (Å²) in [4.78, 5) is 58.4. The van der Waals surface area contributed by atoms with Gasteiger partial charge in [0.15, 0.2) is 0 Å². The van der Waals surface area contributed by atoms with Crippen molar-refractivity contribution in [1.82, 2.24) is 20.4 Å². The Bertz CT molecular complexity index is 2120. The van der Waals surface area contributed by atoms with Gasteiger partial charge >= 0.3 is 0 Å². The summed E-state index contributed by atoms with van der Waals surface area (Å²) in [7, 11) is 0. The van der Waals surface area contributed by atoms with E-state index in [1.165, 1.54) is 12.1 Å². The first-order valence-corrected chi connectivity index (χ1v) is 21.6. The van der Waals surface area contributed by atoms with Crippen molar-refractivity contribution in [1.29, 1.82) is 5.41 Å². The molecule has 15 nitrogen and oxygen atoms in total. The first-order chi connectivity index (χ1) is 30.0. The van der Waals surface area contributed by atoms with Gasteiger partial charge in [-0.3, -0.25) is 24.6 Å². The number of carbonyl (C=O) groups is 4. The largest absolute Gasteiger partial charge is 0.398 e. The van der Waals surface area contributed by atoms with Gasteiger partial charge in [-0.15, -0.1) is 0 Å². The summed E-state index contributed by atoms with van der Waals surface area (Å²) in [6.07, 6.45) is 1.86. The van der Waals surface area contributed by atoms with Gasteiger partial charge in [0.2, 0.25) is 17.7 Å². The van der Waals surface area contributed by atoms with E-state index in [0.717, 1.165) is 24.6 Å². The average molecular weight is 875 g/mol. The number of aliphatic hydroxyl groups is 1. The van der Waals surface area contributed by atoms with E-state index in [4.69, 9.17) is 20.6 Å². The smallest absolute Gasteiger partial charge is 0.258 e. The van der Waals surface area contributed by atoms with Gasteiger partial charge in [0.25, 0.3) is 5.91 Å². The third-order valence-electron chi connectivity index (χ3n) is 11.6. The van der Waals surface area contributed by atoms with Crippen molar-refractivity contribution < 1.29 is 42.5 Å². The van der Waals surface area contributed by atoms with Gasteiger partial charge in [-0.25, -0.2) is 8.78 Å². The Morgan fingerprint density at radius 2 is 1.57 bits per heavy atom. The van der Waals surface area contributed by atoms with Gasteiger partial charge in [0.1, 0.15) is 23.5 Å². The number of halogens is 2. The fourth-order valence-corrected chi connectivity index (χ4v) is 8.04. The molecule has 340 valence electrons. The highest BCUT2D eigenvalue weighted by Crippen LogP contribution is 2.28. The molecule has 2 atom stereocenters. The van der Waals surface area contributed by atoms with Gasteiger partial charge < -0.3 is 51.0 Å². The molecule has 4 amide bonds. The normalized spacial score (nSPS) is 17.6. The topological polar surface area (TPSA) is 203 Å². The number of aliphatic hydroxyl groups excluding tert-OH is 1. The van der Waals surface area contributed by atoms with Crippen molar-refractivity contribution in [2.45, 2.75) is 77.5 Å². The van der Waals surface area contributed by atoms with Crippen LogP contribution in [0.3, 0.4) is 0 Å². The van der Waals surface area contributed by atoms with Crippen LogP contribution in [0.4, 0.5) is 25.8 Å². The van der Waals surface area contributed by atoms with Crippen LogP contribution in [0, 0.1) is 22.5 Å². The van der Waals surface area contributed by atoms with Crippen LogP contribution in [0.25, 0.3) is 0 Å². The number of nitrogens with two attached hydrogens (primary N) is 1. The summed E-state index contributed by atoms with van der Waals surface area (Å²) in [6.45, 7) is 9.85. The molecule has 63 heavy (non-hydrogen) atoms. The number of amidine groups is 1. The third-order valence-corrected chi connectivity index (χ3v) is 11.6. The molecule has 0 bridgehead atoms. The number of amides is 4. The molecule has 1 unspecified atom stereocenters. The summed E-state index contributed by atoms with van der Waals surface area (Å²) in [5.74, 6) is -2.70. The Morgan fingerprint density at radius 3 is 2.24 bits per heavy atom. The minimum Gasteiger partial charge on any atom is -0.398 e. The van der Waals surface area contributed by atoms with E-state index in [1.54, 1.807) is 34.1 Å². The van der Waals surface area contributed by atoms with Crippen molar-refractivity contribution in [3.63, 3.8) is 0 Å². The number of hydrogen-bond donors (Lipinski definition) is 6. The summed E-state index contributed by atoms with van der Waals surface area (Å²) in [5.41, 5.74) is 9.09. The van der Waals surface area contributed by atoms with Gasteiger partial charge in [-0.2, -0.15) is 0 Å². The number of rotatable bonds is 15. The van der Waals surface area contributed by atoms with Gasteiger partial charge in [-0.05, 0) is 84.7 Å². The fraction of sp³-hybridized carbons (Fsp3) is 0.500. The molecule has 7 N–H and O–H groups in total. The lowest BCUT2D eigenvalue weighted by atomic mass is 9.85. The van der Waals surface area contributed by atoms with Crippen molar-refractivity contribution in [2.24, 2.45) is 5.41 Å². The number of likely N-dealkylation sites (tertiary alicyclic amines) is 1. The number of anilines is 3. The number of carbonyl (C=O) groups excluding carboxylic acids is 4. The number of hydrogen-bond acceptors (Lipinski definition) is 11. The van der Waals surface area contributed by atoms with E-state index in [9.17, 15) is 33.1 Å². The monoisotopic (exact) mass is 874 g/mol. The predicted molar refractivity (Wildman–Crippen MR) is 236 cm³/mol. The Kier molecular flexibility index (Phi) is 15.7. The maximum atomic E-state index is 13.8. The van der Waals surface area contributed by atoms with Crippen molar-refractivity contribution >= 4 is 46.5 Å². The van der Waals surface area contributed by atoms with Crippen molar-refractivity contribution in [3.8, 4) is 0 Å². The molecule has 0 spiro atoms. The second-order valence-electron chi connectivity index (χ2n) is 17.5. The van der Waals surface area contributed by atoms with E-state index in [0.29, 0.717) is 74.7 Å². The molecule has 0 saturated carbocycles. The van der Waals surface area contributed by atoms with Crippen LogP contribution < -0.4 is 26.6 Å². The SMILES string of the molecule is CC(C)(C)[C@H](NC(=O)CCOCCC(=O)N1CCN(c2ccc(C(=O)NC(=N)c3cc(Cc4cc(F)cc(F)c4)ccc3N)c(NC3CCOCC3)c2)CC1)C(=O)N1CCC(O)C1. The van der Waals surface area contributed by atoms with E-state index >= 15 is 0 Å². The van der Waals surface area contributed by atoms with Crippen LogP contribution in [0.15, 0.2) is 54.6 Å². The number of nitrogens with one attached hydrogen (secondary N) is 4. The molecule has 3 saturated heterocycles. The van der Waals surface area contributed by atoms with E-state index in [-0.39, 0.29) is 79.9 Å². The quantitative estimate of drug-likeness (QED) is 0.0560. The van der Waals surface area contributed by atoms with Crippen LogP contribution in [-0.2, 0) is 30.3 Å². The van der Waals surface area contributed by atoms with Crippen molar-refractivity contribution in [2.75, 3.05) is 81.6 Å². The molecule has 3 fully saturated rings. The third kappa shape index (κ3) is 13.0. The van der Waals surface area contributed by atoms with Gasteiger partial charge in [0, 0.05) is 93.6 Å². The maximum Gasteiger partial charge on any atom is 0.258 e. The molecule has 3 heterocycles. The zero-order chi connectivity index (χ0) is 45.3. The molecule has 0 aliphatic carbocycles. The van der Waals surface area contributed by atoms with Crippen LogP contribution in [0.1, 0.15) is 79.9 Å². The lowest BCUT2D eigenvalue weighted by molar-refractivity contribution is -0.139. The van der Waals surface area contributed by atoms with Gasteiger partial charge in [0.05, 0.1) is 31.3 Å². The molecule has 3 aromatic rings. The Labute approximate surface area is 367 Å². The average Bonchev–Trinajstić information content (AvgIpc) is 3.68. The number of nitrogen functional groups attached to an aromatic ring is 1. The summed E-state index contributed by atoms with van der Waals surface area (Å²) < 4.78 is 38.9. The predicted octanol–water partition coefficient (Wildman–Crippen LogP) is 4.05. The van der Waals surface area contributed by atoms with E-state index < -0.39 is 35.1 Å². The number of benzene rings is 3. The Balaban J connectivity index is 1.00. The highest BCUT2D eigenvalue weighted by atomic mass is 19.1. The van der Waals surface area contributed by atoms with Crippen LogP contribution in [0.5, 0.6) is 0 Å². The molecular formula is C46H60F2N8O7. The Hall–Kier alpha value is -5.65. The number of nitrogens with zero attached hydrogens (tertiary/aromatic N) is 3. The second kappa shape index (κ2) is 21.1. The lowest BCUT2D eigenvalue weighted by Gasteiger charge is -2.36. The fourth-order valence-electron chi connectivity index (χ4n) is 8.04. The second-order valence-corrected chi connectivity index (χ2v) is 17.5. The molecule has 0 aromatic heterocycles. The standard InChI is InChI=1S/C46H60F2N8O7/c1-46(2,3)42(45(61)56-13-8-35(57)28-56)52-40(58)11-20-63-21-12-41(59)55-16-14-54(15-17-55)34-5-6-36(39(27-34)51-33-9-18-62-19-10-33)44(60)53-43(50)37-25-29(4-7-38(37)49)22-30-23-31(47)26-32(48)24-30/h4-7,23-27,33,35,42,51,57H,8-22,28,49H2,1-3H3,(H,52,58)(H2,50,53,60)/t35?,42-/m1/s1. The molecule has 17 heteroatoms. The summed E-state index contributed by atoms with van der Waals surface area (Å²) >= 11 is 0. The summed E-state index contributed by atoms with van der Waals surface area (Å²) in [5, 5.41) is 27.7. The number of ether oxygens (including phenoxy) is 2. The van der Waals surface area contributed by atoms with E-state index in [2.05, 4.69) is 20.9 Å². The first-order valence-electron chi connectivity index (χ1n) is 21.6. The zero-order valence-corrected chi connectivity index (χ0v) is 36.3. The zero-order valence-electron chi connectivity index (χ0n) is 36.3. The minimum absolute atomic E-state index is 0.0373.